The molecule has 1 N–H and O–H groups in total. The van der Waals surface area contributed by atoms with Crippen LogP contribution in [0.4, 0.5) is 0 Å². The number of rotatable bonds is 4. The lowest BCUT2D eigenvalue weighted by Crippen LogP contribution is -2.05. The van der Waals surface area contributed by atoms with Crippen molar-refractivity contribution in [1.29, 1.82) is 0 Å². The summed E-state index contributed by atoms with van der Waals surface area (Å²) in [5.41, 5.74) is 0.865. The zero-order valence-corrected chi connectivity index (χ0v) is 12.8. The Morgan fingerprint density at radius 2 is 1.64 bits per heavy atom. The van der Waals surface area contributed by atoms with Gasteiger partial charge in [-0.1, -0.05) is 12.1 Å². The molecule has 0 unspecified atom stereocenters. The van der Waals surface area contributed by atoms with E-state index in [4.69, 9.17) is 9.47 Å². The van der Waals surface area contributed by atoms with E-state index in [1.165, 1.54) is 26.2 Å². The molecule has 0 saturated heterocycles. The third-order valence-electron chi connectivity index (χ3n) is 2.89. The maximum absolute atomic E-state index is 11.6. The largest absolute Gasteiger partial charge is 0.497 e. The second-order valence-electron chi connectivity index (χ2n) is 4.46. The number of methoxy groups -OCH3 is 1. The molecule has 0 amide bonds. The van der Waals surface area contributed by atoms with Crippen molar-refractivity contribution in [3.8, 4) is 22.6 Å². The summed E-state index contributed by atoms with van der Waals surface area (Å²) in [5.74, 6) is 0.0737. The van der Waals surface area contributed by atoms with Gasteiger partial charge in [0.05, 0.1) is 7.11 Å². The summed E-state index contributed by atoms with van der Waals surface area (Å²) in [6.07, 6.45) is 0. The quantitative estimate of drug-likeness (QED) is 0.528. The number of carbonyl (C=O) groups excluding carboxylic acids is 1. The highest BCUT2D eigenvalue weighted by Gasteiger charge is 2.18. The predicted octanol–water partition coefficient (Wildman–Crippen LogP) is 2.53. The fraction of sp³-hybridized carbons (Fsp3) is 0.133. The minimum Gasteiger partial charge on any atom is -0.497 e. The first kappa shape index (κ1) is 16.0. The van der Waals surface area contributed by atoms with E-state index in [2.05, 4.69) is 0 Å². The Balaban J connectivity index is 2.56. The van der Waals surface area contributed by atoms with E-state index in [1.54, 1.807) is 24.3 Å². The van der Waals surface area contributed by atoms with Crippen LogP contribution >= 0.6 is 0 Å². The van der Waals surface area contributed by atoms with Gasteiger partial charge in [0.2, 0.25) is 0 Å². The van der Waals surface area contributed by atoms with E-state index in [1.807, 2.05) is 0 Å². The minimum atomic E-state index is -4.48. The Bertz CT molecular complexity index is 793. The highest BCUT2D eigenvalue weighted by molar-refractivity contribution is 7.86. The van der Waals surface area contributed by atoms with Crippen molar-refractivity contribution >= 4 is 16.1 Å². The summed E-state index contributed by atoms with van der Waals surface area (Å²) < 4.78 is 42.4. The number of hydrogen-bond acceptors (Lipinski definition) is 5. The molecule has 0 bridgehead atoms. The predicted molar refractivity (Wildman–Crippen MR) is 79.6 cm³/mol. The molecule has 6 nitrogen and oxygen atoms in total. The van der Waals surface area contributed by atoms with Crippen LogP contribution in [0, 0.1) is 0 Å². The standard InChI is InChI=1S/C15H14O6S/c1-10(16)21-13-7-8-14(15(9-13)22(17,18)19)11-3-5-12(20-2)6-4-11/h3-9H,1-2H3,(H,17,18,19). The molecule has 0 saturated carbocycles. The van der Waals surface area contributed by atoms with Crippen molar-refractivity contribution in [2.45, 2.75) is 11.8 Å². The smallest absolute Gasteiger partial charge is 0.308 e. The number of carbonyl (C=O) groups is 1. The first-order chi connectivity index (χ1) is 10.3. The molecule has 0 aliphatic rings. The van der Waals surface area contributed by atoms with Crippen LogP contribution < -0.4 is 9.47 Å². The zero-order valence-electron chi connectivity index (χ0n) is 11.9. The molecule has 0 fully saturated rings. The van der Waals surface area contributed by atoms with Crippen molar-refractivity contribution in [3.05, 3.63) is 42.5 Å². The second kappa shape index (κ2) is 6.17. The van der Waals surface area contributed by atoms with Crippen molar-refractivity contribution in [3.63, 3.8) is 0 Å². The van der Waals surface area contributed by atoms with Gasteiger partial charge in [-0.05, 0) is 29.8 Å². The molecule has 0 radical (unpaired) electrons. The Morgan fingerprint density at radius 3 is 2.14 bits per heavy atom. The van der Waals surface area contributed by atoms with E-state index in [-0.39, 0.29) is 10.6 Å². The SMILES string of the molecule is COc1ccc(-c2ccc(OC(C)=O)cc2S(=O)(=O)O)cc1. The molecule has 0 heterocycles. The molecule has 2 rings (SSSR count). The number of esters is 1. The van der Waals surface area contributed by atoms with Crippen molar-refractivity contribution in [2.75, 3.05) is 7.11 Å². The summed E-state index contributed by atoms with van der Waals surface area (Å²) >= 11 is 0. The van der Waals surface area contributed by atoms with Gasteiger partial charge in [-0.25, -0.2) is 0 Å². The van der Waals surface area contributed by atoms with Crippen LogP contribution in [-0.2, 0) is 14.9 Å². The number of benzene rings is 2. The van der Waals surface area contributed by atoms with Gasteiger partial charge in [0.1, 0.15) is 16.4 Å². The average Bonchev–Trinajstić information content (AvgIpc) is 2.46. The van der Waals surface area contributed by atoms with E-state index >= 15 is 0 Å². The molecule has 116 valence electrons. The minimum absolute atomic E-state index is 0.0392. The average molecular weight is 322 g/mol. The maximum atomic E-state index is 11.6. The first-order valence-electron chi connectivity index (χ1n) is 6.25. The lowest BCUT2D eigenvalue weighted by atomic mass is 10.1. The van der Waals surface area contributed by atoms with Gasteiger partial charge in [-0.2, -0.15) is 8.42 Å². The van der Waals surface area contributed by atoms with Gasteiger partial charge in [-0.15, -0.1) is 0 Å². The van der Waals surface area contributed by atoms with E-state index in [9.17, 15) is 17.8 Å². The fourth-order valence-electron chi connectivity index (χ4n) is 1.95. The highest BCUT2D eigenvalue weighted by Crippen LogP contribution is 2.31. The van der Waals surface area contributed by atoms with Crippen LogP contribution in [0.1, 0.15) is 6.92 Å². The summed E-state index contributed by atoms with van der Waals surface area (Å²) in [4.78, 5) is 10.6. The summed E-state index contributed by atoms with van der Waals surface area (Å²) in [5, 5.41) is 0. The maximum Gasteiger partial charge on any atom is 0.308 e. The van der Waals surface area contributed by atoms with Crippen LogP contribution in [-0.4, -0.2) is 26.0 Å². The van der Waals surface area contributed by atoms with Crippen LogP contribution in [0.3, 0.4) is 0 Å². The van der Waals surface area contributed by atoms with Crippen LogP contribution in [0.5, 0.6) is 11.5 Å². The Morgan fingerprint density at radius 1 is 1.05 bits per heavy atom. The Hall–Kier alpha value is -2.38. The fourth-order valence-corrected chi connectivity index (χ4v) is 2.68. The summed E-state index contributed by atoms with van der Waals surface area (Å²) in [7, 11) is -2.96. The van der Waals surface area contributed by atoms with E-state index in [0.29, 0.717) is 16.9 Å². The molecule has 22 heavy (non-hydrogen) atoms. The summed E-state index contributed by atoms with van der Waals surface area (Å²) in [6, 6.07) is 10.7. The molecule has 0 aliphatic carbocycles. The van der Waals surface area contributed by atoms with Gasteiger partial charge in [-0.3, -0.25) is 9.35 Å². The molecule has 0 atom stereocenters. The van der Waals surface area contributed by atoms with E-state index in [0.717, 1.165) is 6.07 Å². The highest BCUT2D eigenvalue weighted by atomic mass is 32.2. The first-order valence-corrected chi connectivity index (χ1v) is 7.69. The molecule has 2 aromatic carbocycles. The molecule has 7 heteroatoms. The van der Waals surface area contributed by atoms with Gasteiger partial charge in [0.15, 0.2) is 0 Å². The normalized spacial score (nSPS) is 11.0. The molecular formula is C15H14O6S. The zero-order chi connectivity index (χ0) is 16.3. The number of ether oxygens (including phenoxy) is 2. The van der Waals surface area contributed by atoms with Gasteiger partial charge >= 0.3 is 5.97 Å². The molecule has 0 aromatic heterocycles. The topological polar surface area (TPSA) is 89.9 Å². The van der Waals surface area contributed by atoms with Crippen molar-refractivity contribution in [2.24, 2.45) is 0 Å². The van der Waals surface area contributed by atoms with Gasteiger partial charge < -0.3 is 9.47 Å². The van der Waals surface area contributed by atoms with Crippen molar-refractivity contribution in [1.82, 2.24) is 0 Å². The Kier molecular flexibility index (Phi) is 4.48. The van der Waals surface area contributed by atoms with Crippen LogP contribution in [0.2, 0.25) is 0 Å². The number of hydrogen-bond donors (Lipinski definition) is 1. The van der Waals surface area contributed by atoms with Crippen LogP contribution in [0.25, 0.3) is 11.1 Å². The molecule has 0 aliphatic heterocycles. The van der Waals surface area contributed by atoms with Gasteiger partial charge in [0, 0.05) is 18.6 Å². The molecule has 2 aromatic rings. The van der Waals surface area contributed by atoms with Crippen molar-refractivity contribution < 1.29 is 27.2 Å². The lowest BCUT2D eigenvalue weighted by molar-refractivity contribution is -0.131. The van der Waals surface area contributed by atoms with Crippen LogP contribution in [0.15, 0.2) is 47.4 Å². The Labute approximate surface area is 128 Å². The lowest BCUT2D eigenvalue weighted by Gasteiger charge is -2.10. The molecule has 0 spiro atoms. The summed E-state index contributed by atoms with van der Waals surface area (Å²) in [6.45, 7) is 1.20. The molecular weight excluding hydrogens is 308 g/mol. The third-order valence-corrected chi connectivity index (χ3v) is 3.79. The monoisotopic (exact) mass is 322 g/mol. The van der Waals surface area contributed by atoms with Gasteiger partial charge in [0.25, 0.3) is 10.1 Å². The second-order valence-corrected chi connectivity index (χ2v) is 5.85. The third kappa shape index (κ3) is 3.63. The van der Waals surface area contributed by atoms with E-state index < -0.39 is 16.1 Å².